The van der Waals surface area contributed by atoms with Crippen molar-refractivity contribution in [2.75, 3.05) is 19.6 Å². The van der Waals surface area contributed by atoms with Gasteiger partial charge in [-0.05, 0) is 54.1 Å². The highest BCUT2D eigenvalue weighted by Gasteiger charge is 2.23. The van der Waals surface area contributed by atoms with Gasteiger partial charge in [-0.1, -0.05) is 6.07 Å². The molecule has 0 aliphatic heterocycles. The van der Waals surface area contributed by atoms with E-state index in [9.17, 15) is 5.11 Å². The lowest BCUT2D eigenvalue weighted by atomic mass is 10.00. The first-order valence-electron chi connectivity index (χ1n) is 7.41. The summed E-state index contributed by atoms with van der Waals surface area (Å²) in [4.78, 5) is 5.87. The van der Waals surface area contributed by atoms with Gasteiger partial charge in [0.05, 0.1) is 6.54 Å². The lowest BCUT2D eigenvalue weighted by Gasteiger charge is -2.21. The summed E-state index contributed by atoms with van der Waals surface area (Å²) in [5.74, 6) is 0.745. The molecular weight excluding hydrogens is 441 g/mol. The Hall–Kier alpha value is -0.640. The number of guanidine groups is 1. The largest absolute Gasteiger partial charge is 0.383 e. The summed E-state index contributed by atoms with van der Waals surface area (Å²) in [5, 5.41) is 23.1. The molecule has 0 saturated heterocycles. The molecule has 0 bridgehead atoms. The molecule has 4 nitrogen and oxygen atoms in total. The Morgan fingerprint density at radius 2 is 2.13 bits per heavy atom. The molecule has 2 aromatic heterocycles. The monoisotopic (exact) mass is 465 g/mol. The van der Waals surface area contributed by atoms with Crippen LogP contribution in [0.3, 0.4) is 0 Å². The zero-order valence-electron chi connectivity index (χ0n) is 13.4. The third-order valence-corrected chi connectivity index (χ3v) is 4.90. The van der Waals surface area contributed by atoms with Crippen LogP contribution in [0.15, 0.2) is 39.3 Å². The van der Waals surface area contributed by atoms with Crippen LogP contribution in [0.2, 0.25) is 0 Å². The maximum Gasteiger partial charge on any atom is 0.191 e. The van der Waals surface area contributed by atoms with Crippen molar-refractivity contribution in [3.05, 3.63) is 44.8 Å². The highest BCUT2D eigenvalue weighted by atomic mass is 127. The van der Waals surface area contributed by atoms with E-state index in [-0.39, 0.29) is 24.0 Å². The number of nitrogens with one attached hydrogen (secondary N) is 2. The van der Waals surface area contributed by atoms with Gasteiger partial charge in [0.2, 0.25) is 0 Å². The Balaban J connectivity index is 0.00000264. The van der Waals surface area contributed by atoms with Gasteiger partial charge in [0.15, 0.2) is 5.96 Å². The standard InChI is InChI=1S/C16H23N3OS2.HI/c1-3-17-15(18-8-6-14-5-4-9-22-14)19-12-16(2,20)13-7-10-21-11-13;/h4-5,7,9-11,20H,3,6,8,12H2,1-2H3,(H2,17,18,19);1H. The highest BCUT2D eigenvalue weighted by Crippen LogP contribution is 2.23. The number of aliphatic imine (C=N–C) groups is 1. The van der Waals surface area contributed by atoms with E-state index in [1.807, 2.05) is 23.8 Å². The molecule has 0 amide bonds. The third kappa shape index (κ3) is 6.78. The second-order valence-corrected chi connectivity index (χ2v) is 7.05. The number of rotatable bonds is 7. The maximum atomic E-state index is 10.5. The topological polar surface area (TPSA) is 56.7 Å². The van der Waals surface area contributed by atoms with Crippen LogP contribution in [0, 0.1) is 0 Å². The molecule has 0 spiro atoms. The number of aliphatic hydroxyl groups is 1. The Bertz CT molecular complexity index is 568. The zero-order valence-corrected chi connectivity index (χ0v) is 17.4. The quantitative estimate of drug-likeness (QED) is 0.334. The molecule has 2 heterocycles. The Labute approximate surface area is 163 Å². The van der Waals surface area contributed by atoms with E-state index in [2.05, 4.69) is 33.1 Å². The first-order chi connectivity index (χ1) is 10.6. The lowest BCUT2D eigenvalue weighted by molar-refractivity contribution is 0.0677. The van der Waals surface area contributed by atoms with E-state index >= 15 is 0 Å². The minimum Gasteiger partial charge on any atom is -0.383 e. The second-order valence-electron chi connectivity index (χ2n) is 5.24. The average molecular weight is 465 g/mol. The Kier molecular flexibility index (Phi) is 9.11. The smallest absolute Gasteiger partial charge is 0.191 e. The predicted octanol–water partition coefficient (Wildman–Crippen LogP) is 3.43. The summed E-state index contributed by atoms with van der Waals surface area (Å²) in [6, 6.07) is 6.15. The summed E-state index contributed by atoms with van der Waals surface area (Å²) in [6.07, 6.45) is 0.975. The van der Waals surface area contributed by atoms with Crippen LogP contribution in [0.1, 0.15) is 24.3 Å². The molecule has 0 fully saturated rings. The summed E-state index contributed by atoms with van der Waals surface area (Å²) in [7, 11) is 0. The van der Waals surface area contributed by atoms with Gasteiger partial charge in [-0.25, -0.2) is 4.99 Å². The minimum atomic E-state index is -0.934. The van der Waals surface area contributed by atoms with Crippen molar-refractivity contribution in [1.82, 2.24) is 10.6 Å². The Morgan fingerprint density at radius 3 is 2.74 bits per heavy atom. The normalized spacial score (nSPS) is 14.0. The number of halogens is 1. The van der Waals surface area contributed by atoms with E-state index in [1.54, 1.807) is 29.6 Å². The fraction of sp³-hybridized carbons (Fsp3) is 0.438. The van der Waals surface area contributed by atoms with Crippen LogP contribution < -0.4 is 10.6 Å². The molecule has 1 unspecified atom stereocenters. The van der Waals surface area contributed by atoms with Gasteiger partial charge in [-0.3, -0.25) is 0 Å². The maximum absolute atomic E-state index is 10.5. The fourth-order valence-electron chi connectivity index (χ4n) is 2.00. The van der Waals surface area contributed by atoms with Crippen LogP contribution >= 0.6 is 46.7 Å². The van der Waals surface area contributed by atoms with Gasteiger partial charge in [-0.15, -0.1) is 35.3 Å². The molecule has 0 aliphatic rings. The van der Waals surface area contributed by atoms with Crippen molar-refractivity contribution in [3.8, 4) is 0 Å². The van der Waals surface area contributed by atoms with Crippen LogP contribution in [0.25, 0.3) is 0 Å². The summed E-state index contributed by atoms with van der Waals surface area (Å²) in [6.45, 7) is 5.79. The molecule has 23 heavy (non-hydrogen) atoms. The molecule has 0 radical (unpaired) electrons. The summed E-state index contributed by atoms with van der Waals surface area (Å²) < 4.78 is 0. The van der Waals surface area contributed by atoms with Crippen molar-refractivity contribution in [2.24, 2.45) is 4.99 Å². The van der Waals surface area contributed by atoms with Crippen molar-refractivity contribution >= 4 is 52.6 Å². The van der Waals surface area contributed by atoms with Crippen LogP contribution in [0.5, 0.6) is 0 Å². The Morgan fingerprint density at radius 1 is 1.30 bits per heavy atom. The van der Waals surface area contributed by atoms with Gasteiger partial charge in [0.1, 0.15) is 5.60 Å². The molecule has 3 N–H and O–H groups in total. The molecule has 2 rings (SSSR count). The van der Waals surface area contributed by atoms with Gasteiger partial charge >= 0.3 is 0 Å². The van der Waals surface area contributed by atoms with Crippen molar-refractivity contribution in [1.29, 1.82) is 0 Å². The molecule has 0 saturated carbocycles. The van der Waals surface area contributed by atoms with Crippen molar-refractivity contribution in [3.63, 3.8) is 0 Å². The minimum absolute atomic E-state index is 0. The first-order valence-corrected chi connectivity index (χ1v) is 9.23. The SMILES string of the molecule is CCNC(=NCC(C)(O)c1ccsc1)NCCc1cccs1.I. The molecule has 7 heteroatoms. The zero-order chi connectivity index (χ0) is 15.8. The number of hydrogen-bond acceptors (Lipinski definition) is 4. The predicted molar refractivity (Wildman–Crippen MR) is 111 cm³/mol. The third-order valence-electron chi connectivity index (χ3n) is 3.28. The second kappa shape index (κ2) is 10.3. The molecular formula is C16H24IN3OS2. The van der Waals surface area contributed by atoms with Crippen molar-refractivity contribution in [2.45, 2.75) is 25.9 Å². The van der Waals surface area contributed by atoms with E-state index in [0.717, 1.165) is 31.0 Å². The van der Waals surface area contributed by atoms with E-state index in [1.165, 1.54) is 4.88 Å². The molecule has 0 aliphatic carbocycles. The van der Waals surface area contributed by atoms with Gasteiger partial charge < -0.3 is 15.7 Å². The molecule has 1 atom stereocenters. The number of thiophene rings is 2. The first kappa shape index (κ1) is 20.4. The average Bonchev–Trinajstić information content (AvgIpc) is 3.18. The van der Waals surface area contributed by atoms with Gasteiger partial charge in [0, 0.05) is 18.0 Å². The summed E-state index contributed by atoms with van der Waals surface area (Å²) >= 11 is 3.35. The molecule has 0 aromatic carbocycles. The van der Waals surface area contributed by atoms with Crippen LogP contribution in [0.4, 0.5) is 0 Å². The van der Waals surface area contributed by atoms with Crippen LogP contribution in [-0.4, -0.2) is 30.7 Å². The summed E-state index contributed by atoms with van der Waals surface area (Å²) in [5.41, 5.74) is -0.0218. The highest BCUT2D eigenvalue weighted by molar-refractivity contribution is 14.0. The van der Waals surface area contributed by atoms with Gasteiger partial charge in [0.25, 0.3) is 0 Å². The lowest BCUT2D eigenvalue weighted by Crippen LogP contribution is -2.39. The van der Waals surface area contributed by atoms with Crippen LogP contribution in [-0.2, 0) is 12.0 Å². The van der Waals surface area contributed by atoms with Crippen molar-refractivity contribution < 1.29 is 5.11 Å². The number of hydrogen-bond donors (Lipinski definition) is 3. The fourth-order valence-corrected chi connectivity index (χ4v) is 3.49. The number of nitrogens with zero attached hydrogens (tertiary/aromatic N) is 1. The van der Waals surface area contributed by atoms with Gasteiger partial charge in [-0.2, -0.15) is 11.3 Å². The molecule has 128 valence electrons. The van der Waals surface area contributed by atoms with E-state index in [0.29, 0.717) is 6.54 Å². The van der Waals surface area contributed by atoms with E-state index in [4.69, 9.17) is 0 Å². The molecule has 2 aromatic rings. The van der Waals surface area contributed by atoms with E-state index < -0.39 is 5.60 Å².